The van der Waals surface area contributed by atoms with Crippen molar-refractivity contribution in [1.29, 1.82) is 0 Å². The normalized spacial score (nSPS) is 17.9. The minimum atomic E-state index is -0.0420. The quantitative estimate of drug-likeness (QED) is 0.400. The molecule has 0 saturated heterocycles. The first-order chi connectivity index (χ1) is 13.9. The van der Waals surface area contributed by atoms with Gasteiger partial charge in [0.1, 0.15) is 0 Å². The fourth-order valence-corrected chi connectivity index (χ4v) is 4.93. The van der Waals surface area contributed by atoms with Crippen LogP contribution in [0.25, 0.3) is 0 Å². The van der Waals surface area contributed by atoms with Gasteiger partial charge in [-0.3, -0.25) is 14.4 Å². The molecular weight excluding hydrogens is 360 g/mol. The summed E-state index contributed by atoms with van der Waals surface area (Å²) < 4.78 is 0. The van der Waals surface area contributed by atoms with E-state index in [1.54, 1.807) is 20.8 Å². The lowest BCUT2D eigenvalue weighted by atomic mass is 9.60. The Balaban J connectivity index is 1.82. The van der Waals surface area contributed by atoms with E-state index >= 15 is 0 Å². The lowest BCUT2D eigenvalue weighted by molar-refractivity contribution is 0.100. The highest BCUT2D eigenvalue weighted by Gasteiger charge is 2.41. The number of rotatable bonds is 3. The minimum absolute atomic E-state index is 0.00122. The highest BCUT2D eigenvalue weighted by atomic mass is 16.1. The second kappa shape index (κ2) is 6.08. The smallest absolute Gasteiger partial charge is 0.159 e. The Morgan fingerprint density at radius 2 is 0.759 bits per heavy atom. The molecule has 6 rings (SSSR count). The van der Waals surface area contributed by atoms with E-state index in [0.29, 0.717) is 16.7 Å². The molecule has 0 atom stereocenters. The molecule has 29 heavy (non-hydrogen) atoms. The average Bonchev–Trinajstić information content (AvgIpc) is 2.71. The Labute approximate surface area is 169 Å². The number of carbonyl (C=O) groups is 3. The van der Waals surface area contributed by atoms with Crippen LogP contribution in [-0.2, 0) is 0 Å². The van der Waals surface area contributed by atoms with E-state index in [1.807, 2.05) is 42.5 Å². The molecule has 3 aromatic rings. The van der Waals surface area contributed by atoms with Crippen LogP contribution >= 0.6 is 0 Å². The van der Waals surface area contributed by atoms with Gasteiger partial charge < -0.3 is 0 Å². The molecule has 142 valence electrons. The monoisotopic (exact) mass is 380 g/mol. The van der Waals surface area contributed by atoms with Crippen molar-refractivity contribution >= 4 is 17.3 Å². The molecule has 0 aromatic heterocycles. The van der Waals surface area contributed by atoms with Gasteiger partial charge in [-0.1, -0.05) is 36.4 Å². The molecule has 0 radical (unpaired) electrons. The molecule has 0 saturated carbocycles. The Kier molecular flexibility index (Phi) is 3.72. The number of carbonyl (C=O) groups excluding carboxylic acids is 3. The minimum Gasteiger partial charge on any atom is -0.295 e. The summed E-state index contributed by atoms with van der Waals surface area (Å²) in [5.74, 6) is 0.0905. The molecule has 2 bridgehead atoms. The van der Waals surface area contributed by atoms with Gasteiger partial charge in [0.25, 0.3) is 0 Å². The Hall–Kier alpha value is -3.33. The lowest BCUT2D eigenvalue weighted by Gasteiger charge is -2.42. The third-order valence-corrected chi connectivity index (χ3v) is 6.35. The molecular formula is C26H20O3. The van der Waals surface area contributed by atoms with Crippen molar-refractivity contribution in [2.45, 2.75) is 32.6 Å². The van der Waals surface area contributed by atoms with Crippen molar-refractivity contribution in [3.05, 3.63) is 105 Å². The van der Waals surface area contributed by atoms with Crippen LogP contribution < -0.4 is 0 Å². The zero-order chi connectivity index (χ0) is 20.4. The molecule has 3 aliphatic rings. The van der Waals surface area contributed by atoms with Gasteiger partial charge in [-0.05, 0) is 72.4 Å². The molecule has 0 unspecified atom stereocenters. The molecule has 0 aliphatic heterocycles. The lowest BCUT2D eigenvalue weighted by Crippen LogP contribution is -2.28. The van der Waals surface area contributed by atoms with Crippen LogP contribution in [0.15, 0.2) is 54.6 Å². The van der Waals surface area contributed by atoms with E-state index in [-0.39, 0.29) is 29.2 Å². The van der Waals surface area contributed by atoms with Crippen molar-refractivity contribution < 1.29 is 14.4 Å². The van der Waals surface area contributed by atoms with Crippen LogP contribution in [0.5, 0.6) is 0 Å². The summed E-state index contributed by atoms with van der Waals surface area (Å²) in [6.45, 7) is 4.75. The highest BCUT2D eigenvalue weighted by molar-refractivity contribution is 5.97. The van der Waals surface area contributed by atoms with E-state index in [9.17, 15) is 14.4 Å². The van der Waals surface area contributed by atoms with Crippen LogP contribution in [0.4, 0.5) is 0 Å². The van der Waals surface area contributed by atoms with Crippen molar-refractivity contribution in [3.63, 3.8) is 0 Å². The average molecular weight is 380 g/mol. The van der Waals surface area contributed by atoms with Crippen molar-refractivity contribution in [3.8, 4) is 0 Å². The standard InChI is InChI=1S/C26H20O3/c1-13(27)16-6-9-21-22(10-16)25-19-7-4-17(14(2)28)11-23(19)26(21)24-12-18(15(3)29)5-8-20(24)25/h4-12,25-26H,1-3H3. The largest absolute Gasteiger partial charge is 0.295 e. The van der Waals surface area contributed by atoms with Gasteiger partial charge in [0.15, 0.2) is 17.3 Å². The Morgan fingerprint density at radius 1 is 0.483 bits per heavy atom. The van der Waals surface area contributed by atoms with Crippen LogP contribution in [0.3, 0.4) is 0 Å². The van der Waals surface area contributed by atoms with Gasteiger partial charge in [-0.25, -0.2) is 0 Å². The second-order valence-corrected chi connectivity index (χ2v) is 8.07. The molecule has 0 spiro atoms. The number of benzene rings is 3. The molecule has 0 heterocycles. The molecule has 0 N–H and O–H groups in total. The first-order valence-corrected chi connectivity index (χ1v) is 9.81. The predicted octanol–water partition coefficient (Wildman–Crippen LogP) is 5.28. The summed E-state index contributed by atoms with van der Waals surface area (Å²) >= 11 is 0. The maximum absolute atomic E-state index is 12.0. The maximum atomic E-state index is 12.0. The van der Waals surface area contributed by atoms with E-state index < -0.39 is 0 Å². The SMILES string of the molecule is CC(=O)c1ccc2c(c1)C1c3ccc(C(C)=O)cc3C2c2cc(C(C)=O)ccc21. The molecule has 3 aliphatic carbocycles. The molecule has 3 nitrogen and oxygen atoms in total. The van der Waals surface area contributed by atoms with Gasteiger partial charge >= 0.3 is 0 Å². The summed E-state index contributed by atoms with van der Waals surface area (Å²) in [5, 5.41) is 0. The van der Waals surface area contributed by atoms with Crippen LogP contribution in [0.2, 0.25) is 0 Å². The van der Waals surface area contributed by atoms with Crippen LogP contribution in [0, 0.1) is 0 Å². The van der Waals surface area contributed by atoms with Crippen LogP contribution in [-0.4, -0.2) is 17.3 Å². The number of Topliss-reactive ketones (excluding diaryl/α,β-unsaturated/α-hetero) is 3. The Bertz CT molecular complexity index is 1180. The number of hydrogen-bond donors (Lipinski definition) is 0. The zero-order valence-corrected chi connectivity index (χ0v) is 16.6. The second-order valence-electron chi connectivity index (χ2n) is 8.07. The van der Waals surface area contributed by atoms with Gasteiger partial charge in [0.05, 0.1) is 0 Å². The summed E-state index contributed by atoms with van der Waals surface area (Å²) in [5.41, 5.74) is 9.01. The van der Waals surface area contributed by atoms with Crippen molar-refractivity contribution in [1.82, 2.24) is 0 Å². The van der Waals surface area contributed by atoms with Gasteiger partial charge in [0.2, 0.25) is 0 Å². The zero-order valence-electron chi connectivity index (χ0n) is 16.6. The van der Waals surface area contributed by atoms with Crippen molar-refractivity contribution in [2.24, 2.45) is 0 Å². The summed E-state index contributed by atoms with van der Waals surface area (Å²) in [6.07, 6.45) is 0. The third-order valence-electron chi connectivity index (χ3n) is 6.35. The topological polar surface area (TPSA) is 51.2 Å². The molecule has 3 aromatic carbocycles. The van der Waals surface area contributed by atoms with Gasteiger partial charge in [-0.15, -0.1) is 0 Å². The fraction of sp³-hybridized carbons (Fsp3) is 0.192. The molecule has 0 fully saturated rings. The first-order valence-electron chi connectivity index (χ1n) is 9.81. The van der Waals surface area contributed by atoms with E-state index in [1.165, 1.54) is 11.1 Å². The van der Waals surface area contributed by atoms with Gasteiger partial charge in [-0.2, -0.15) is 0 Å². The maximum Gasteiger partial charge on any atom is 0.159 e. The number of hydrogen-bond acceptors (Lipinski definition) is 3. The van der Waals surface area contributed by atoms with Crippen LogP contribution in [0.1, 0.15) is 97.1 Å². The fourth-order valence-electron chi connectivity index (χ4n) is 4.93. The third kappa shape index (κ3) is 2.47. The summed E-state index contributed by atoms with van der Waals surface area (Å²) in [7, 11) is 0. The highest BCUT2D eigenvalue weighted by Crippen LogP contribution is 2.56. The predicted molar refractivity (Wildman–Crippen MR) is 111 cm³/mol. The van der Waals surface area contributed by atoms with Crippen molar-refractivity contribution in [2.75, 3.05) is 0 Å². The van der Waals surface area contributed by atoms with Gasteiger partial charge in [0, 0.05) is 28.5 Å². The molecule has 3 heteroatoms. The summed E-state index contributed by atoms with van der Waals surface area (Å²) in [4.78, 5) is 36.0. The van der Waals surface area contributed by atoms with E-state index in [4.69, 9.17) is 0 Å². The first kappa shape index (κ1) is 17.7. The molecule has 0 amide bonds. The Morgan fingerprint density at radius 3 is 1.03 bits per heavy atom. The van der Waals surface area contributed by atoms with E-state index in [0.717, 1.165) is 22.3 Å². The number of ketones is 3. The summed E-state index contributed by atoms with van der Waals surface area (Å²) in [6, 6.07) is 17.8. The van der Waals surface area contributed by atoms with E-state index in [2.05, 4.69) is 12.1 Å².